The van der Waals surface area contributed by atoms with E-state index < -0.39 is 5.91 Å². The van der Waals surface area contributed by atoms with Crippen molar-refractivity contribution in [3.8, 4) is 0 Å². The largest absolute Gasteiger partial charge is 0.368 e. The van der Waals surface area contributed by atoms with Crippen LogP contribution in [0.1, 0.15) is 32.1 Å². The quantitative estimate of drug-likeness (QED) is 0.721. The highest BCUT2D eigenvalue weighted by atomic mass is 16.2. The van der Waals surface area contributed by atoms with E-state index in [1.54, 1.807) is 4.90 Å². The van der Waals surface area contributed by atoms with E-state index >= 15 is 0 Å². The van der Waals surface area contributed by atoms with Gasteiger partial charge >= 0.3 is 0 Å². The van der Waals surface area contributed by atoms with Crippen LogP contribution in [0.15, 0.2) is 0 Å². The summed E-state index contributed by atoms with van der Waals surface area (Å²) in [6, 6.07) is 0. The Labute approximate surface area is 89.8 Å². The van der Waals surface area contributed by atoms with E-state index in [4.69, 9.17) is 5.73 Å². The summed E-state index contributed by atoms with van der Waals surface area (Å²) in [5, 5.41) is 0. The highest BCUT2D eigenvalue weighted by molar-refractivity contribution is 5.86. The van der Waals surface area contributed by atoms with Gasteiger partial charge in [0.05, 0.1) is 6.54 Å². The minimum Gasteiger partial charge on any atom is -0.368 e. The molecule has 0 bridgehead atoms. The first-order chi connectivity index (χ1) is 7.18. The molecule has 4 heteroatoms. The number of nitrogens with two attached hydrogens (primary N) is 1. The fraction of sp³-hybridized carbons (Fsp3) is 0.818. The van der Waals surface area contributed by atoms with Gasteiger partial charge in [0, 0.05) is 12.5 Å². The van der Waals surface area contributed by atoms with Gasteiger partial charge in [-0.3, -0.25) is 9.59 Å². The van der Waals surface area contributed by atoms with Crippen LogP contribution in [-0.4, -0.2) is 29.8 Å². The third-order valence-corrected chi connectivity index (χ3v) is 3.59. The summed E-state index contributed by atoms with van der Waals surface area (Å²) < 4.78 is 0. The Kier molecular flexibility index (Phi) is 2.93. The second kappa shape index (κ2) is 4.21. The Bertz CT molecular complexity index is 278. The van der Waals surface area contributed by atoms with Crippen molar-refractivity contribution in [2.45, 2.75) is 32.1 Å². The zero-order valence-corrected chi connectivity index (χ0v) is 8.95. The Morgan fingerprint density at radius 1 is 1.33 bits per heavy atom. The van der Waals surface area contributed by atoms with Crippen molar-refractivity contribution in [1.29, 1.82) is 0 Å². The molecule has 2 fully saturated rings. The predicted molar refractivity (Wildman–Crippen MR) is 55.8 cm³/mol. The average molecular weight is 210 g/mol. The van der Waals surface area contributed by atoms with Crippen LogP contribution in [-0.2, 0) is 9.59 Å². The molecular weight excluding hydrogens is 192 g/mol. The molecule has 1 heterocycles. The first-order valence-electron chi connectivity index (χ1n) is 5.75. The molecule has 2 rings (SSSR count). The molecule has 2 atom stereocenters. The zero-order valence-electron chi connectivity index (χ0n) is 8.95. The van der Waals surface area contributed by atoms with Crippen LogP contribution in [0.2, 0.25) is 0 Å². The Morgan fingerprint density at radius 3 is 2.80 bits per heavy atom. The van der Waals surface area contributed by atoms with Crippen LogP contribution in [0.4, 0.5) is 0 Å². The van der Waals surface area contributed by atoms with E-state index in [0.29, 0.717) is 5.92 Å². The van der Waals surface area contributed by atoms with Gasteiger partial charge < -0.3 is 10.6 Å². The lowest BCUT2D eigenvalue weighted by molar-refractivity contribution is -0.134. The highest BCUT2D eigenvalue weighted by Crippen LogP contribution is 2.35. The minimum atomic E-state index is -0.403. The summed E-state index contributed by atoms with van der Waals surface area (Å²) in [7, 11) is 0. The second-order valence-corrected chi connectivity index (χ2v) is 4.69. The van der Waals surface area contributed by atoms with E-state index in [0.717, 1.165) is 25.8 Å². The molecule has 84 valence electrons. The minimum absolute atomic E-state index is 0.103. The summed E-state index contributed by atoms with van der Waals surface area (Å²) in [6.07, 6.45) is 5.75. The van der Waals surface area contributed by atoms with E-state index in [9.17, 15) is 9.59 Å². The van der Waals surface area contributed by atoms with Crippen LogP contribution >= 0.6 is 0 Å². The van der Waals surface area contributed by atoms with Gasteiger partial charge in [-0.1, -0.05) is 19.3 Å². The first-order valence-corrected chi connectivity index (χ1v) is 5.75. The van der Waals surface area contributed by atoms with Crippen molar-refractivity contribution in [2.75, 3.05) is 13.1 Å². The van der Waals surface area contributed by atoms with E-state index in [2.05, 4.69) is 0 Å². The monoisotopic (exact) mass is 210 g/mol. The molecule has 0 spiro atoms. The molecule has 0 radical (unpaired) electrons. The summed E-state index contributed by atoms with van der Waals surface area (Å²) in [4.78, 5) is 24.4. The van der Waals surface area contributed by atoms with Gasteiger partial charge in [0.15, 0.2) is 0 Å². The lowest BCUT2D eigenvalue weighted by atomic mass is 9.91. The van der Waals surface area contributed by atoms with E-state index in [1.165, 1.54) is 12.8 Å². The maximum absolute atomic E-state index is 11.9. The molecule has 0 unspecified atom stereocenters. The zero-order chi connectivity index (χ0) is 10.8. The molecule has 2 amide bonds. The SMILES string of the molecule is NC(=O)CN1C[C@@H]2CCCCC[C@@H]2C1=O. The standard InChI is InChI=1S/C11H18N2O2/c12-10(14)7-13-6-8-4-2-1-3-5-9(8)11(13)15/h8-9H,1-7H2,(H2,12,14)/t8-,9-/m0/s1. The Balaban J connectivity index is 2.03. The average Bonchev–Trinajstić information content (AvgIpc) is 2.40. The van der Waals surface area contributed by atoms with Crippen LogP contribution in [0.3, 0.4) is 0 Å². The number of carbonyl (C=O) groups excluding carboxylic acids is 2. The molecule has 2 N–H and O–H groups in total. The Morgan fingerprint density at radius 2 is 2.07 bits per heavy atom. The molecule has 4 nitrogen and oxygen atoms in total. The number of amides is 2. The lowest BCUT2D eigenvalue weighted by Crippen LogP contribution is -2.35. The molecule has 2 aliphatic rings. The summed E-state index contributed by atoms with van der Waals surface area (Å²) in [5.74, 6) is 0.395. The lowest BCUT2D eigenvalue weighted by Gasteiger charge is -2.14. The van der Waals surface area contributed by atoms with Gasteiger partial charge in [-0.15, -0.1) is 0 Å². The van der Waals surface area contributed by atoms with Crippen molar-refractivity contribution in [1.82, 2.24) is 4.90 Å². The molecule has 0 aromatic rings. The molecule has 0 aromatic heterocycles. The van der Waals surface area contributed by atoms with E-state index in [1.807, 2.05) is 0 Å². The normalized spacial score (nSPS) is 31.2. The number of nitrogens with zero attached hydrogens (tertiary/aromatic N) is 1. The number of likely N-dealkylation sites (tertiary alicyclic amines) is 1. The first kappa shape index (κ1) is 10.5. The maximum Gasteiger partial charge on any atom is 0.237 e. The maximum atomic E-state index is 11.9. The van der Waals surface area contributed by atoms with Crippen LogP contribution in [0, 0.1) is 11.8 Å². The number of carbonyl (C=O) groups is 2. The van der Waals surface area contributed by atoms with Gasteiger partial charge in [0.2, 0.25) is 11.8 Å². The van der Waals surface area contributed by atoms with Gasteiger partial charge in [0.1, 0.15) is 0 Å². The third-order valence-electron chi connectivity index (χ3n) is 3.59. The van der Waals surface area contributed by atoms with Gasteiger partial charge in [-0.05, 0) is 18.8 Å². The molecule has 1 saturated heterocycles. The fourth-order valence-corrected chi connectivity index (χ4v) is 2.87. The van der Waals surface area contributed by atoms with Crippen molar-refractivity contribution >= 4 is 11.8 Å². The topological polar surface area (TPSA) is 63.4 Å². The molecule has 1 aliphatic carbocycles. The molecule has 1 saturated carbocycles. The van der Waals surface area contributed by atoms with Crippen molar-refractivity contribution in [3.05, 3.63) is 0 Å². The summed E-state index contributed by atoms with van der Waals surface area (Å²) in [5.41, 5.74) is 5.12. The number of hydrogen-bond acceptors (Lipinski definition) is 2. The highest BCUT2D eigenvalue weighted by Gasteiger charge is 2.40. The number of hydrogen-bond donors (Lipinski definition) is 1. The number of rotatable bonds is 2. The van der Waals surface area contributed by atoms with Crippen molar-refractivity contribution in [2.24, 2.45) is 17.6 Å². The third kappa shape index (κ3) is 2.13. The van der Waals surface area contributed by atoms with E-state index in [-0.39, 0.29) is 18.4 Å². The molecule has 0 aromatic carbocycles. The number of primary amides is 1. The van der Waals surface area contributed by atoms with Gasteiger partial charge in [0.25, 0.3) is 0 Å². The summed E-state index contributed by atoms with van der Waals surface area (Å²) in [6.45, 7) is 0.846. The van der Waals surface area contributed by atoms with Crippen molar-refractivity contribution in [3.63, 3.8) is 0 Å². The predicted octanol–water partition coefficient (Wildman–Crippen LogP) is 0.510. The Hall–Kier alpha value is -1.06. The molecular formula is C11H18N2O2. The smallest absolute Gasteiger partial charge is 0.237 e. The fourth-order valence-electron chi connectivity index (χ4n) is 2.87. The molecule has 15 heavy (non-hydrogen) atoms. The van der Waals surface area contributed by atoms with Crippen LogP contribution in [0.5, 0.6) is 0 Å². The second-order valence-electron chi connectivity index (χ2n) is 4.69. The number of fused-ring (bicyclic) bond motifs is 1. The van der Waals surface area contributed by atoms with Crippen LogP contribution < -0.4 is 5.73 Å². The van der Waals surface area contributed by atoms with Crippen LogP contribution in [0.25, 0.3) is 0 Å². The van der Waals surface area contributed by atoms with Crippen molar-refractivity contribution < 1.29 is 9.59 Å². The molecule has 1 aliphatic heterocycles. The summed E-state index contributed by atoms with van der Waals surface area (Å²) >= 11 is 0. The van der Waals surface area contributed by atoms with Gasteiger partial charge in [-0.2, -0.15) is 0 Å². The van der Waals surface area contributed by atoms with Gasteiger partial charge in [-0.25, -0.2) is 0 Å².